The Morgan fingerprint density at radius 3 is 2.49 bits per heavy atom. The molecule has 5 rings (SSSR count). The fourth-order valence-corrected chi connectivity index (χ4v) is 4.23. The van der Waals surface area contributed by atoms with Crippen molar-refractivity contribution in [3.63, 3.8) is 0 Å². The Labute approximate surface area is 224 Å². The van der Waals surface area contributed by atoms with Gasteiger partial charge in [-0.25, -0.2) is 13.8 Å². The number of carbonyl (C=O) groups excluding carboxylic acids is 1. The first-order valence-corrected chi connectivity index (χ1v) is 11.6. The minimum Gasteiger partial charge on any atom is -0.358 e. The predicted octanol–water partition coefficient (Wildman–Crippen LogP) is 5.68. The quantitative estimate of drug-likeness (QED) is 0.294. The van der Waals surface area contributed by atoms with Crippen molar-refractivity contribution in [3.8, 4) is 22.6 Å². The van der Waals surface area contributed by atoms with Crippen molar-refractivity contribution in [1.82, 2.24) is 25.5 Å². The third kappa shape index (κ3) is 5.24. The van der Waals surface area contributed by atoms with Crippen molar-refractivity contribution < 1.29 is 44.4 Å². The Morgan fingerprint density at radius 1 is 1.05 bits per heavy atom. The molecule has 0 bridgehead atoms. The highest BCUT2D eigenvalue weighted by Gasteiger charge is 2.40. The number of hydrogen-bond donors (Lipinski definition) is 2. The molecule has 1 atom stereocenters. The van der Waals surface area contributed by atoms with Gasteiger partial charge < -0.3 is 14.8 Å². The van der Waals surface area contributed by atoms with Gasteiger partial charge in [0.05, 0.1) is 35.1 Å². The fourth-order valence-electron chi connectivity index (χ4n) is 4.23. The van der Waals surface area contributed by atoms with E-state index in [9.17, 15) is 39.9 Å². The summed E-state index contributed by atoms with van der Waals surface area (Å²) in [6.07, 6.45) is -8.96. The predicted molar refractivity (Wildman–Crippen MR) is 126 cm³/mol. The normalized spacial score (nSPS) is 14.2. The molecule has 1 aliphatic heterocycles. The third-order valence-electron chi connectivity index (χ3n) is 6.18. The first-order valence-electron chi connectivity index (χ1n) is 11.6. The maximum atomic E-state index is 14.3. The van der Waals surface area contributed by atoms with Gasteiger partial charge in [-0.3, -0.25) is 9.80 Å². The van der Waals surface area contributed by atoms with Crippen LogP contribution in [0.3, 0.4) is 0 Å². The number of aromatic amines is 1. The van der Waals surface area contributed by atoms with E-state index in [-0.39, 0.29) is 35.5 Å². The molecular weight excluding hydrogens is 568 g/mol. The molecule has 0 fully saturated rings. The van der Waals surface area contributed by atoms with Crippen molar-refractivity contribution in [2.75, 3.05) is 7.05 Å². The van der Waals surface area contributed by atoms with Crippen LogP contribution in [0.4, 0.5) is 35.1 Å². The lowest BCUT2D eigenvalue weighted by atomic mass is 10.00. The van der Waals surface area contributed by atoms with Gasteiger partial charge in [0, 0.05) is 18.7 Å². The number of H-pyrrole nitrogens is 1. The molecule has 4 aromatic rings. The lowest BCUT2D eigenvalue weighted by Gasteiger charge is -2.27. The first-order chi connectivity index (χ1) is 19.3. The average molecular weight is 584 g/mol. The van der Waals surface area contributed by atoms with E-state index >= 15 is 0 Å². The largest absolute Gasteiger partial charge is 0.417 e. The number of halogens is 8. The number of amides is 1. The molecule has 16 heteroatoms. The summed E-state index contributed by atoms with van der Waals surface area (Å²) in [5, 5.41) is 11.3. The van der Waals surface area contributed by atoms with Crippen LogP contribution >= 0.6 is 0 Å². The molecule has 41 heavy (non-hydrogen) atoms. The van der Waals surface area contributed by atoms with E-state index in [2.05, 4.69) is 25.5 Å². The van der Waals surface area contributed by atoms with Crippen LogP contribution in [0.5, 0.6) is 0 Å². The number of alkyl halides is 6. The number of hydrazone groups is 1. The molecule has 0 saturated carbocycles. The highest BCUT2D eigenvalue weighted by Crippen LogP contribution is 2.41. The van der Waals surface area contributed by atoms with Crippen molar-refractivity contribution in [2.45, 2.75) is 24.9 Å². The fraction of sp³-hybridized carbons (Fsp3) is 0.200. The van der Waals surface area contributed by atoms with E-state index in [4.69, 9.17) is 4.52 Å². The van der Waals surface area contributed by atoms with E-state index < -0.39 is 58.3 Å². The zero-order valence-corrected chi connectivity index (χ0v) is 20.5. The van der Waals surface area contributed by atoms with E-state index in [1.807, 2.05) is 0 Å². The number of benzene rings is 2. The van der Waals surface area contributed by atoms with Crippen LogP contribution in [0.1, 0.15) is 34.3 Å². The minimum absolute atomic E-state index is 0.0132. The Kier molecular flexibility index (Phi) is 6.79. The second-order valence-corrected chi connectivity index (χ2v) is 8.78. The molecule has 0 saturated heterocycles. The molecule has 8 nitrogen and oxygen atoms in total. The van der Waals surface area contributed by atoms with Crippen LogP contribution in [-0.4, -0.2) is 39.3 Å². The van der Waals surface area contributed by atoms with Gasteiger partial charge in [-0.2, -0.15) is 31.4 Å². The molecule has 0 radical (unpaired) electrons. The van der Waals surface area contributed by atoms with Gasteiger partial charge in [-0.05, 0) is 24.3 Å². The summed E-state index contributed by atoms with van der Waals surface area (Å²) in [4.78, 5) is 19.9. The molecule has 214 valence electrons. The highest BCUT2D eigenvalue weighted by atomic mass is 19.4. The van der Waals surface area contributed by atoms with Gasteiger partial charge in [0.1, 0.15) is 17.2 Å². The number of likely N-dealkylation sites (N-methyl/N-ethyl adjacent to an activating group) is 1. The lowest BCUT2D eigenvalue weighted by Crippen LogP contribution is -2.37. The summed E-state index contributed by atoms with van der Waals surface area (Å²) in [6.45, 7) is -0.155. The van der Waals surface area contributed by atoms with Gasteiger partial charge in [-0.1, -0.05) is 17.3 Å². The van der Waals surface area contributed by atoms with Crippen LogP contribution in [-0.2, 0) is 23.7 Å². The SMILES string of the molecule is CNC(=O)C(c1cc(-c2ccc(C(F)(F)F)cc2C(F)(F)F)no1)N1Cc2[nH]c(-c3cccc(F)c3F)nc2C=N1. The second-order valence-electron chi connectivity index (χ2n) is 8.78. The lowest BCUT2D eigenvalue weighted by molar-refractivity contribution is -0.142. The number of fused-ring (bicyclic) bond motifs is 1. The Bertz CT molecular complexity index is 1660. The van der Waals surface area contributed by atoms with Gasteiger partial charge in [-0.15, -0.1) is 0 Å². The number of hydrogen-bond acceptors (Lipinski definition) is 6. The van der Waals surface area contributed by atoms with Gasteiger partial charge in [0.25, 0.3) is 5.91 Å². The molecule has 1 unspecified atom stereocenters. The average Bonchev–Trinajstić information content (AvgIpc) is 3.56. The number of carbonyl (C=O) groups is 1. The van der Waals surface area contributed by atoms with Crippen LogP contribution in [0.15, 0.2) is 52.1 Å². The topological polar surface area (TPSA) is 99.4 Å². The molecular formula is C25H16F8N6O2. The zero-order chi connectivity index (χ0) is 29.7. The molecule has 3 heterocycles. The van der Waals surface area contributed by atoms with E-state index in [1.54, 1.807) is 0 Å². The summed E-state index contributed by atoms with van der Waals surface area (Å²) < 4.78 is 113. The first kappa shape index (κ1) is 27.8. The van der Waals surface area contributed by atoms with Crippen molar-refractivity contribution >= 4 is 12.1 Å². The molecule has 1 amide bonds. The molecule has 2 aromatic heterocycles. The summed E-state index contributed by atoms with van der Waals surface area (Å²) in [6, 6.07) is 4.18. The summed E-state index contributed by atoms with van der Waals surface area (Å²) in [5.41, 5.74) is -3.82. The van der Waals surface area contributed by atoms with Crippen molar-refractivity contribution in [3.05, 3.63) is 82.4 Å². The molecule has 1 aliphatic rings. The maximum Gasteiger partial charge on any atom is 0.417 e. The van der Waals surface area contributed by atoms with Crippen LogP contribution in [0.2, 0.25) is 0 Å². The zero-order valence-electron chi connectivity index (χ0n) is 20.5. The number of nitrogens with one attached hydrogen (secondary N) is 2. The maximum absolute atomic E-state index is 14.3. The summed E-state index contributed by atoms with van der Waals surface area (Å²) >= 11 is 0. The Morgan fingerprint density at radius 2 is 1.80 bits per heavy atom. The van der Waals surface area contributed by atoms with Gasteiger partial charge in [0.15, 0.2) is 23.4 Å². The number of imidazole rings is 1. The summed E-state index contributed by atoms with van der Waals surface area (Å²) in [5.74, 6) is -3.22. The molecule has 0 spiro atoms. The summed E-state index contributed by atoms with van der Waals surface area (Å²) in [7, 11) is 1.28. The monoisotopic (exact) mass is 584 g/mol. The standard InChI is InChI=1S/C25H16F8N6O2/c1-34-23(40)21(39-10-18-17(9-35-39)36-22(37-18)13-3-2-4-15(26)20(13)27)19-8-16(38-41-19)12-6-5-11(24(28,29)30)7-14(12)25(31,32)33/h2-9,21H,10H2,1H3,(H,34,40)(H,36,37). The van der Waals surface area contributed by atoms with E-state index in [1.165, 1.54) is 30.4 Å². The number of nitrogens with zero attached hydrogens (tertiary/aromatic N) is 4. The molecule has 0 aliphatic carbocycles. The smallest absolute Gasteiger partial charge is 0.358 e. The number of aromatic nitrogens is 3. The Hall–Kier alpha value is -4.76. The minimum atomic E-state index is -5.16. The molecule has 2 aromatic carbocycles. The van der Waals surface area contributed by atoms with Gasteiger partial charge in [0.2, 0.25) is 0 Å². The number of rotatable bonds is 5. The van der Waals surface area contributed by atoms with Crippen molar-refractivity contribution in [1.29, 1.82) is 0 Å². The molecule has 2 N–H and O–H groups in total. The van der Waals surface area contributed by atoms with E-state index in [0.717, 1.165) is 12.1 Å². The van der Waals surface area contributed by atoms with Crippen LogP contribution in [0.25, 0.3) is 22.6 Å². The van der Waals surface area contributed by atoms with Crippen LogP contribution < -0.4 is 5.32 Å². The van der Waals surface area contributed by atoms with Crippen molar-refractivity contribution in [2.24, 2.45) is 5.10 Å². The van der Waals surface area contributed by atoms with Gasteiger partial charge >= 0.3 is 12.4 Å². The second kappa shape index (κ2) is 10.0. The highest BCUT2D eigenvalue weighted by molar-refractivity contribution is 5.84. The third-order valence-corrected chi connectivity index (χ3v) is 6.18. The van der Waals surface area contributed by atoms with Crippen LogP contribution in [0, 0.1) is 11.6 Å². The van der Waals surface area contributed by atoms with E-state index in [0.29, 0.717) is 17.8 Å². The Balaban J connectivity index is 1.48.